The maximum Gasteiger partial charge on any atom is 0.224 e. The third-order valence-corrected chi connectivity index (χ3v) is 2.76. The number of carbonyl (C=O) groups excluding carboxylic acids is 1. The number of anilines is 1. The summed E-state index contributed by atoms with van der Waals surface area (Å²) >= 11 is 0. The zero-order valence-corrected chi connectivity index (χ0v) is 9.25. The minimum atomic E-state index is -0.955. The number of carbonyl (C=O) groups is 1. The van der Waals surface area contributed by atoms with Gasteiger partial charge in [-0.25, -0.2) is 8.78 Å². The Kier molecular flexibility index (Phi) is 3.52. The maximum absolute atomic E-state index is 12.9. The number of halogens is 2. The van der Waals surface area contributed by atoms with E-state index in [-0.39, 0.29) is 17.5 Å². The third kappa shape index (κ3) is 3.12. The molecule has 0 radical (unpaired) electrons. The molecule has 1 atom stereocenters. The highest BCUT2D eigenvalue weighted by molar-refractivity contribution is 5.90. The predicted octanol–water partition coefficient (Wildman–Crippen LogP) is 3.26. The largest absolute Gasteiger partial charge is 0.326 e. The van der Waals surface area contributed by atoms with Crippen molar-refractivity contribution in [3.63, 3.8) is 0 Å². The summed E-state index contributed by atoms with van der Waals surface area (Å²) in [5, 5.41) is 2.56. The van der Waals surface area contributed by atoms with Crippen molar-refractivity contribution in [3.8, 4) is 0 Å². The van der Waals surface area contributed by atoms with Crippen LogP contribution in [0.2, 0.25) is 0 Å². The topological polar surface area (TPSA) is 29.1 Å². The summed E-state index contributed by atoms with van der Waals surface area (Å²) < 4.78 is 25.6. The molecule has 90 valence electrons. The van der Waals surface area contributed by atoms with E-state index in [2.05, 4.69) is 11.4 Å². The number of hydrogen-bond acceptors (Lipinski definition) is 1. The highest BCUT2D eigenvalue weighted by Crippen LogP contribution is 2.21. The Labute approximate surface area is 98.3 Å². The fraction of sp³-hybridized carbons (Fsp3) is 0.308. The molecule has 17 heavy (non-hydrogen) atoms. The second-order valence-electron chi connectivity index (χ2n) is 4.15. The minimum absolute atomic E-state index is 0.174. The second-order valence-corrected chi connectivity index (χ2v) is 4.15. The van der Waals surface area contributed by atoms with Crippen LogP contribution in [0.1, 0.15) is 19.3 Å². The van der Waals surface area contributed by atoms with E-state index >= 15 is 0 Å². The fourth-order valence-corrected chi connectivity index (χ4v) is 1.89. The van der Waals surface area contributed by atoms with E-state index in [0.29, 0.717) is 6.42 Å². The standard InChI is InChI=1S/C13H13F2NO/c14-11-6-5-10(8-12(11)15)16-13(17)7-9-3-1-2-4-9/h1,3,5-6,8-9H,2,4,7H2,(H,16,17)/t9-/m1/s1. The van der Waals surface area contributed by atoms with Gasteiger partial charge in [0.25, 0.3) is 0 Å². The molecule has 1 aliphatic rings. The molecule has 0 spiro atoms. The lowest BCUT2D eigenvalue weighted by molar-refractivity contribution is -0.116. The van der Waals surface area contributed by atoms with Gasteiger partial charge in [-0.2, -0.15) is 0 Å². The molecule has 4 heteroatoms. The zero-order valence-electron chi connectivity index (χ0n) is 9.25. The SMILES string of the molecule is O=C(C[C@@H]1C=CCC1)Nc1ccc(F)c(F)c1. The highest BCUT2D eigenvalue weighted by atomic mass is 19.2. The van der Waals surface area contributed by atoms with E-state index in [1.807, 2.05) is 6.08 Å². The Hall–Kier alpha value is -1.71. The Morgan fingerprint density at radius 3 is 2.82 bits per heavy atom. The fourth-order valence-electron chi connectivity index (χ4n) is 1.89. The highest BCUT2D eigenvalue weighted by Gasteiger charge is 2.14. The first-order chi connectivity index (χ1) is 8.15. The van der Waals surface area contributed by atoms with Crippen LogP contribution in [-0.4, -0.2) is 5.91 Å². The molecule has 0 aliphatic heterocycles. The van der Waals surface area contributed by atoms with Crippen LogP contribution in [0.4, 0.5) is 14.5 Å². The van der Waals surface area contributed by atoms with Gasteiger partial charge in [0.05, 0.1) is 0 Å². The van der Waals surface area contributed by atoms with Gasteiger partial charge in [-0.15, -0.1) is 0 Å². The quantitative estimate of drug-likeness (QED) is 0.803. The molecule has 2 nitrogen and oxygen atoms in total. The van der Waals surface area contributed by atoms with E-state index in [0.717, 1.165) is 25.0 Å². The van der Waals surface area contributed by atoms with Crippen LogP contribution in [-0.2, 0) is 4.79 Å². The van der Waals surface area contributed by atoms with Gasteiger partial charge < -0.3 is 5.32 Å². The van der Waals surface area contributed by atoms with E-state index in [9.17, 15) is 13.6 Å². The van der Waals surface area contributed by atoms with Crippen LogP contribution in [0, 0.1) is 17.6 Å². The molecule has 1 aromatic rings. The number of allylic oxidation sites excluding steroid dienone is 2. The minimum Gasteiger partial charge on any atom is -0.326 e. The molecule has 0 aromatic heterocycles. The van der Waals surface area contributed by atoms with Crippen LogP contribution in [0.15, 0.2) is 30.4 Å². The van der Waals surface area contributed by atoms with E-state index in [1.54, 1.807) is 0 Å². The van der Waals surface area contributed by atoms with Crippen LogP contribution in [0.25, 0.3) is 0 Å². The molecule has 1 aromatic carbocycles. The van der Waals surface area contributed by atoms with Crippen LogP contribution in [0.3, 0.4) is 0 Å². The van der Waals surface area contributed by atoms with Crippen molar-refractivity contribution in [3.05, 3.63) is 42.0 Å². The van der Waals surface area contributed by atoms with Gasteiger partial charge in [0.1, 0.15) is 0 Å². The first-order valence-electron chi connectivity index (χ1n) is 5.57. The number of hydrogen-bond donors (Lipinski definition) is 1. The molecular weight excluding hydrogens is 224 g/mol. The van der Waals surface area contributed by atoms with Gasteiger partial charge in [0.2, 0.25) is 5.91 Å². The van der Waals surface area contributed by atoms with E-state index < -0.39 is 11.6 Å². The summed E-state index contributed by atoms with van der Waals surface area (Å²) in [7, 11) is 0. The summed E-state index contributed by atoms with van der Waals surface area (Å²) in [6.07, 6.45) is 6.43. The predicted molar refractivity (Wildman–Crippen MR) is 61.5 cm³/mol. The summed E-state index contributed by atoms with van der Waals surface area (Å²) in [6.45, 7) is 0. The van der Waals surface area contributed by atoms with Gasteiger partial charge in [-0.05, 0) is 30.9 Å². The van der Waals surface area contributed by atoms with Gasteiger partial charge in [0, 0.05) is 18.2 Å². The van der Waals surface area contributed by atoms with Crippen molar-refractivity contribution in [2.75, 3.05) is 5.32 Å². The van der Waals surface area contributed by atoms with Gasteiger partial charge in [-0.1, -0.05) is 12.2 Å². The lowest BCUT2D eigenvalue weighted by atomic mass is 10.1. The lowest BCUT2D eigenvalue weighted by Gasteiger charge is -2.08. The van der Waals surface area contributed by atoms with Crippen molar-refractivity contribution >= 4 is 11.6 Å². The molecule has 0 saturated carbocycles. The Balaban J connectivity index is 1.93. The number of amides is 1. The maximum atomic E-state index is 12.9. The smallest absolute Gasteiger partial charge is 0.224 e. The molecule has 0 unspecified atom stereocenters. The van der Waals surface area contributed by atoms with Crippen molar-refractivity contribution in [2.24, 2.45) is 5.92 Å². The van der Waals surface area contributed by atoms with Crippen molar-refractivity contribution in [1.82, 2.24) is 0 Å². The average Bonchev–Trinajstić information content (AvgIpc) is 2.76. The molecule has 1 N–H and O–H groups in total. The number of nitrogens with one attached hydrogen (secondary N) is 1. The summed E-state index contributed by atoms with van der Waals surface area (Å²) in [5.41, 5.74) is 0.288. The number of rotatable bonds is 3. The molecule has 2 rings (SSSR count). The van der Waals surface area contributed by atoms with Crippen molar-refractivity contribution < 1.29 is 13.6 Å². The first kappa shape index (κ1) is 11.8. The second kappa shape index (κ2) is 5.08. The number of benzene rings is 1. The Bertz CT molecular complexity index is 457. The van der Waals surface area contributed by atoms with Crippen LogP contribution >= 0.6 is 0 Å². The third-order valence-electron chi connectivity index (χ3n) is 2.76. The lowest BCUT2D eigenvalue weighted by Crippen LogP contribution is -2.14. The monoisotopic (exact) mass is 237 g/mol. The van der Waals surface area contributed by atoms with E-state index in [1.165, 1.54) is 6.07 Å². The first-order valence-corrected chi connectivity index (χ1v) is 5.57. The molecule has 1 amide bonds. The summed E-state index contributed by atoms with van der Waals surface area (Å²) in [4.78, 5) is 11.6. The summed E-state index contributed by atoms with van der Waals surface area (Å²) in [5.74, 6) is -1.78. The molecular formula is C13H13F2NO. The van der Waals surface area contributed by atoms with Crippen molar-refractivity contribution in [2.45, 2.75) is 19.3 Å². The van der Waals surface area contributed by atoms with Gasteiger partial charge >= 0.3 is 0 Å². The van der Waals surface area contributed by atoms with Crippen LogP contribution in [0.5, 0.6) is 0 Å². The molecule has 0 fully saturated rings. The molecule has 1 aliphatic carbocycles. The summed E-state index contributed by atoms with van der Waals surface area (Å²) in [6, 6.07) is 3.33. The van der Waals surface area contributed by atoms with Crippen molar-refractivity contribution in [1.29, 1.82) is 0 Å². The van der Waals surface area contributed by atoms with Gasteiger partial charge in [0.15, 0.2) is 11.6 Å². The zero-order chi connectivity index (χ0) is 12.3. The normalized spacial score (nSPS) is 18.4. The van der Waals surface area contributed by atoms with Gasteiger partial charge in [-0.3, -0.25) is 4.79 Å². The Morgan fingerprint density at radius 2 is 2.18 bits per heavy atom. The average molecular weight is 237 g/mol. The molecule has 0 saturated heterocycles. The molecule has 0 bridgehead atoms. The molecule has 0 heterocycles. The van der Waals surface area contributed by atoms with E-state index in [4.69, 9.17) is 0 Å². The Morgan fingerprint density at radius 1 is 1.35 bits per heavy atom. The van der Waals surface area contributed by atoms with Crippen LogP contribution < -0.4 is 5.32 Å².